The Kier molecular flexibility index (Phi) is 5.65. The highest BCUT2D eigenvalue weighted by Gasteiger charge is 2.30. The fourth-order valence-corrected chi connectivity index (χ4v) is 2.66. The summed E-state index contributed by atoms with van der Waals surface area (Å²) < 4.78 is 88.4. The molecule has 0 spiro atoms. The average Bonchev–Trinajstić information content (AvgIpc) is 2.34. The summed E-state index contributed by atoms with van der Waals surface area (Å²) in [6, 6.07) is 1.41. The van der Waals surface area contributed by atoms with Crippen LogP contribution in [0.5, 0.6) is 0 Å². The zero-order chi connectivity index (χ0) is 16.3. The summed E-state index contributed by atoms with van der Waals surface area (Å²) in [4.78, 5) is 0. The zero-order valence-corrected chi connectivity index (χ0v) is 11.7. The van der Waals surface area contributed by atoms with E-state index in [9.17, 15) is 30.4 Å². The molecule has 0 fully saturated rings. The molecule has 21 heavy (non-hydrogen) atoms. The molecule has 0 aliphatic rings. The van der Waals surface area contributed by atoms with Crippen molar-refractivity contribution in [3.05, 3.63) is 35.4 Å². The van der Waals surface area contributed by atoms with E-state index in [1.807, 2.05) is 4.72 Å². The van der Waals surface area contributed by atoms with Crippen molar-refractivity contribution >= 4 is 10.2 Å². The van der Waals surface area contributed by atoms with E-state index in [2.05, 4.69) is 0 Å². The third-order valence-corrected chi connectivity index (χ3v) is 3.63. The second-order valence-electron chi connectivity index (χ2n) is 4.18. The van der Waals surface area contributed by atoms with Crippen LogP contribution in [0.4, 0.5) is 22.0 Å². The Morgan fingerprint density at radius 2 is 1.86 bits per heavy atom. The minimum Gasteiger partial charge on any atom is -0.207 e. The highest BCUT2D eigenvalue weighted by atomic mass is 32.2. The van der Waals surface area contributed by atoms with Gasteiger partial charge in [0.05, 0.1) is 6.04 Å². The van der Waals surface area contributed by atoms with Gasteiger partial charge in [0.15, 0.2) is 0 Å². The number of hydrogen-bond donors (Lipinski definition) is 2. The van der Waals surface area contributed by atoms with E-state index in [4.69, 9.17) is 0 Å². The zero-order valence-electron chi connectivity index (χ0n) is 10.8. The standard InChI is InChI=1S/C11H13F5N2O2S/c1-2-10(8-4-3-7(12)5-9(8)13)18-21(19,20)17-6-11(14,15)16/h3-5,10,17-18H,2,6H2,1H3/t10-/m1/s1. The Bertz CT molecular complexity index is 589. The fourth-order valence-electron chi connectivity index (χ4n) is 1.56. The maximum absolute atomic E-state index is 13.6. The summed E-state index contributed by atoms with van der Waals surface area (Å²) in [7, 11) is -4.48. The number of halogens is 5. The Balaban J connectivity index is 2.86. The van der Waals surface area contributed by atoms with Gasteiger partial charge in [0, 0.05) is 11.6 Å². The summed E-state index contributed by atoms with van der Waals surface area (Å²) >= 11 is 0. The van der Waals surface area contributed by atoms with Gasteiger partial charge in [0.2, 0.25) is 0 Å². The molecular weight excluding hydrogens is 319 g/mol. The Morgan fingerprint density at radius 1 is 1.24 bits per heavy atom. The predicted molar refractivity (Wildman–Crippen MR) is 65.5 cm³/mol. The summed E-state index contributed by atoms with van der Waals surface area (Å²) in [5.74, 6) is -1.83. The van der Waals surface area contributed by atoms with Crippen LogP contribution in [-0.2, 0) is 10.2 Å². The van der Waals surface area contributed by atoms with Crippen LogP contribution in [0, 0.1) is 11.6 Å². The molecule has 1 aromatic rings. The predicted octanol–water partition coefficient (Wildman–Crippen LogP) is 2.40. The lowest BCUT2D eigenvalue weighted by Gasteiger charge is -2.19. The molecule has 1 aromatic carbocycles. The van der Waals surface area contributed by atoms with Crippen LogP contribution in [0.1, 0.15) is 24.9 Å². The molecule has 120 valence electrons. The molecule has 0 aliphatic carbocycles. The normalized spacial score (nSPS) is 14.2. The van der Waals surface area contributed by atoms with Crippen LogP contribution in [0.25, 0.3) is 0 Å². The SMILES string of the molecule is CC[C@@H](NS(=O)(=O)NCC(F)(F)F)c1ccc(F)cc1F. The van der Waals surface area contributed by atoms with Gasteiger partial charge < -0.3 is 0 Å². The molecule has 0 aliphatic heterocycles. The van der Waals surface area contributed by atoms with E-state index in [1.54, 1.807) is 0 Å². The topological polar surface area (TPSA) is 58.2 Å². The van der Waals surface area contributed by atoms with E-state index in [0.29, 0.717) is 6.07 Å². The molecule has 2 N–H and O–H groups in total. The van der Waals surface area contributed by atoms with Crippen molar-refractivity contribution in [2.75, 3.05) is 6.54 Å². The van der Waals surface area contributed by atoms with Crippen LogP contribution in [0.15, 0.2) is 18.2 Å². The molecule has 0 unspecified atom stereocenters. The first kappa shape index (κ1) is 17.8. The lowest BCUT2D eigenvalue weighted by atomic mass is 10.1. The molecule has 10 heteroatoms. The van der Waals surface area contributed by atoms with Gasteiger partial charge in [-0.15, -0.1) is 0 Å². The van der Waals surface area contributed by atoms with E-state index in [0.717, 1.165) is 12.1 Å². The maximum Gasteiger partial charge on any atom is 0.402 e. The third kappa shape index (κ3) is 5.94. The molecule has 0 heterocycles. The molecule has 4 nitrogen and oxygen atoms in total. The molecule has 1 atom stereocenters. The van der Waals surface area contributed by atoms with Gasteiger partial charge in [-0.25, -0.2) is 8.78 Å². The smallest absolute Gasteiger partial charge is 0.207 e. The summed E-state index contributed by atoms with van der Waals surface area (Å²) in [5, 5.41) is 0. The minimum atomic E-state index is -4.71. The average molecular weight is 332 g/mol. The van der Waals surface area contributed by atoms with E-state index < -0.39 is 40.6 Å². The van der Waals surface area contributed by atoms with E-state index >= 15 is 0 Å². The summed E-state index contributed by atoms with van der Waals surface area (Å²) in [6.07, 6.45) is -4.65. The largest absolute Gasteiger partial charge is 0.402 e. The van der Waals surface area contributed by atoms with Crippen molar-refractivity contribution in [2.45, 2.75) is 25.6 Å². The quantitative estimate of drug-likeness (QED) is 0.786. The van der Waals surface area contributed by atoms with Gasteiger partial charge >= 0.3 is 6.18 Å². The lowest BCUT2D eigenvalue weighted by molar-refractivity contribution is -0.121. The monoisotopic (exact) mass is 332 g/mol. The Labute approximate surface area is 118 Å². The molecule has 0 radical (unpaired) electrons. The van der Waals surface area contributed by atoms with Gasteiger partial charge in [0.1, 0.15) is 18.2 Å². The summed E-state index contributed by atoms with van der Waals surface area (Å²) in [6.45, 7) is -0.246. The van der Waals surface area contributed by atoms with Gasteiger partial charge in [-0.1, -0.05) is 13.0 Å². The minimum absolute atomic E-state index is 0.0650. The van der Waals surface area contributed by atoms with Crippen molar-refractivity contribution in [2.24, 2.45) is 0 Å². The summed E-state index contributed by atoms with van der Waals surface area (Å²) in [5.41, 5.74) is -0.156. The maximum atomic E-state index is 13.6. The van der Waals surface area contributed by atoms with Crippen molar-refractivity contribution < 1.29 is 30.4 Å². The highest BCUT2D eigenvalue weighted by Crippen LogP contribution is 2.21. The number of benzene rings is 1. The molecule has 1 rings (SSSR count). The van der Waals surface area contributed by atoms with Crippen molar-refractivity contribution in [1.82, 2.24) is 9.44 Å². The van der Waals surface area contributed by atoms with Crippen molar-refractivity contribution in [3.8, 4) is 0 Å². The highest BCUT2D eigenvalue weighted by molar-refractivity contribution is 7.87. The first-order valence-electron chi connectivity index (χ1n) is 5.82. The lowest BCUT2D eigenvalue weighted by Crippen LogP contribution is -2.43. The first-order valence-corrected chi connectivity index (χ1v) is 7.31. The Morgan fingerprint density at radius 3 is 2.33 bits per heavy atom. The van der Waals surface area contributed by atoms with Gasteiger partial charge in [-0.05, 0) is 12.5 Å². The second kappa shape index (κ2) is 6.67. The Hall–Kier alpha value is -1.26. The third-order valence-electron chi connectivity index (χ3n) is 2.51. The van der Waals surface area contributed by atoms with E-state index in [-0.39, 0.29) is 12.0 Å². The van der Waals surface area contributed by atoms with Crippen molar-refractivity contribution in [1.29, 1.82) is 0 Å². The molecule has 0 amide bonds. The van der Waals surface area contributed by atoms with Crippen LogP contribution in [-0.4, -0.2) is 21.1 Å². The number of nitrogens with one attached hydrogen (secondary N) is 2. The van der Waals surface area contributed by atoms with Gasteiger partial charge in [0.25, 0.3) is 10.2 Å². The van der Waals surface area contributed by atoms with E-state index in [1.165, 1.54) is 11.6 Å². The molecular formula is C11H13F5N2O2S. The molecule has 0 saturated carbocycles. The number of alkyl halides is 3. The van der Waals surface area contributed by atoms with Gasteiger partial charge in [-0.3, -0.25) is 0 Å². The number of rotatable bonds is 6. The molecule has 0 bridgehead atoms. The van der Waals surface area contributed by atoms with Gasteiger partial charge in [-0.2, -0.15) is 31.0 Å². The van der Waals surface area contributed by atoms with Crippen LogP contribution in [0.2, 0.25) is 0 Å². The van der Waals surface area contributed by atoms with Crippen molar-refractivity contribution in [3.63, 3.8) is 0 Å². The first-order chi connectivity index (χ1) is 9.54. The second-order valence-corrected chi connectivity index (χ2v) is 5.72. The fraction of sp³-hybridized carbons (Fsp3) is 0.455. The van der Waals surface area contributed by atoms with Crippen LogP contribution >= 0.6 is 0 Å². The number of hydrogen-bond acceptors (Lipinski definition) is 2. The van der Waals surface area contributed by atoms with Crippen LogP contribution < -0.4 is 9.44 Å². The molecule has 0 saturated heterocycles. The van der Waals surface area contributed by atoms with Crippen LogP contribution in [0.3, 0.4) is 0 Å². The molecule has 0 aromatic heterocycles.